The molecule has 0 bridgehead atoms. The summed E-state index contributed by atoms with van der Waals surface area (Å²) in [5.74, 6) is -0.168. The maximum atomic E-state index is 13.5. The zero-order valence-electron chi connectivity index (χ0n) is 25.1. The topological polar surface area (TPSA) is 82.6 Å². The first kappa shape index (κ1) is 34.9. The van der Waals surface area contributed by atoms with Crippen LogP contribution in [0, 0.1) is 0 Å². The number of alkyl halides is 6. The summed E-state index contributed by atoms with van der Waals surface area (Å²) < 4.78 is 92.0. The summed E-state index contributed by atoms with van der Waals surface area (Å²) in [6.07, 6.45) is -9.99. The number of methoxy groups -OCH3 is 1. The van der Waals surface area contributed by atoms with Gasteiger partial charge in [0.2, 0.25) is 12.3 Å². The van der Waals surface area contributed by atoms with Crippen molar-refractivity contribution in [2.75, 3.05) is 20.2 Å². The lowest BCUT2D eigenvalue weighted by molar-refractivity contribution is -0.202. The highest BCUT2D eigenvalue weighted by Crippen LogP contribution is 2.38. The Bertz CT molecular complexity index is 1090. The minimum absolute atomic E-state index is 0.0486. The summed E-state index contributed by atoms with van der Waals surface area (Å²) in [6, 6.07) is -0.584. The first-order valence-electron chi connectivity index (χ1n) is 14.4. The first-order chi connectivity index (χ1) is 19.8. The molecule has 1 aromatic carbocycles. The van der Waals surface area contributed by atoms with Crippen molar-refractivity contribution in [2.45, 2.75) is 115 Å². The van der Waals surface area contributed by atoms with E-state index in [1.165, 1.54) is 9.80 Å². The normalized spacial score (nSPS) is 22.7. The van der Waals surface area contributed by atoms with Crippen molar-refractivity contribution in [3.8, 4) is 0 Å². The molecule has 1 N–H and O–H groups in total. The number of halogens is 6. The van der Waals surface area contributed by atoms with Crippen LogP contribution in [-0.2, 0) is 33.2 Å². The monoisotopic (exact) mass is 625 g/mol. The number of carbonyl (C=O) groups is 2. The highest BCUT2D eigenvalue weighted by molar-refractivity contribution is 5.78. The third-order valence-electron chi connectivity index (χ3n) is 7.80. The molecule has 244 valence electrons. The van der Waals surface area contributed by atoms with Gasteiger partial charge in [0.1, 0.15) is 5.60 Å². The van der Waals surface area contributed by atoms with Crippen LogP contribution >= 0.6 is 0 Å². The second-order valence-corrected chi connectivity index (χ2v) is 12.2. The van der Waals surface area contributed by atoms with E-state index >= 15 is 0 Å². The fourth-order valence-electron chi connectivity index (χ4n) is 5.82. The van der Waals surface area contributed by atoms with E-state index in [1.54, 1.807) is 25.7 Å². The van der Waals surface area contributed by atoms with Crippen molar-refractivity contribution in [3.63, 3.8) is 0 Å². The second kappa shape index (κ2) is 13.6. The number of likely N-dealkylation sites (tertiary alicyclic amines) is 2. The number of hydrogen-bond donors (Lipinski definition) is 1. The smallest absolute Gasteiger partial charge is 0.416 e. The van der Waals surface area contributed by atoms with Crippen LogP contribution in [0.2, 0.25) is 0 Å². The summed E-state index contributed by atoms with van der Waals surface area (Å²) in [6.45, 7) is 7.62. The van der Waals surface area contributed by atoms with E-state index in [0.717, 1.165) is 20.0 Å². The number of aliphatic hydroxyl groups excluding tert-OH is 1. The van der Waals surface area contributed by atoms with E-state index in [4.69, 9.17) is 9.47 Å². The summed E-state index contributed by atoms with van der Waals surface area (Å²) in [7, 11) is 1.16. The molecule has 4 atom stereocenters. The molecule has 3 rings (SSSR count). The fraction of sp³-hybridized carbons (Fsp3) is 0.724. The van der Waals surface area contributed by atoms with Gasteiger partial charge in [0.25, 0.3) is 0 Å². The van der Waals surface area contributed by atoms with Gasteiger partial charge in [-0.2, -0.15) is 26.3 Å². The lowest BCUT2D eigenvalue weighted by Gasteiger charge is -2.48. The molecule has 8 nitrogen and oxygen atoms in total. The molecule has 2 saturated heterocycles. The van der Waals surface area contributed by atoms with Crippen LogP contribution in [0.1, 0.15) is 82.9 Å². The molecule has 1 aromatic rings. The number of aliphatic hydroxyl groups is 1. The third kappa shape index (κ3) is 9.21. The largest absolute Gasteiger partial charge is 0.444 e. The van der Waals surface area contributed by atoms with Crippen molar-refractivity contribution < 1.29 is 50.5 Å². The number of benzene rings is 1. The maximum absolute atomic E-state index is 13.5. The molecule has 43 heavy (non-hydrogen) atoms. The Morgan fingerprint density at radius 1 is 0.977 bits per heavy atom. The van der Waals surface area contributed by atoms with Crippen molar-refractivity contribution in [1.29, 1.82) is 0 Å². The van der Waals surface area contributed by atoms with Crippen LogP contribution in [0.15, 0.2) is 18.2 Å². The lowest BCUT2D eigenvalue weighted by Crippen LogP contribution is -2.59. The SMILES string of the molecule is CC[C@@H]1C[C@H](N(Cc2cc(C(F)(F)F)cc(C(F)(F)F)c2)C(O)OC)C[C@H](CC(=O)N2CCCC2)N1C(=O)OC(C)(C)C. The Hall–Kier alpha value is -2.58. The zero-order valence-corrected chi connectivity index (χ0v) is 25.1. The van der Waals surface area contributed by atoms with E-state index in [-0.39, 0.29) is 36.8 Å². The molecule has 2 amide bonds. The lowest BCUT2D eigenvalue weighted by atomic mass is 9.87. The van der Waals surface area contributed by atoms with Crippen LogP contribution in [0.4, 0.5) is 31.1 Å². The van der Waals surface area contributed by atoms with Gasteiger partial charge in [0.05, 0.1) is 11.1 Å². The van der Waals surface area contributed by atoms with Gasteiger partial charge in [0.15, 0.2) is 0 Å². The third-order valence-corrected chi connectivity index (χ3v) is 7.80. The predicted molar refractivity (Wildman–Crippen MR) is 144 cm³/mol. The molecule has 2 fully saturated rings. The van der Waals surface area contributed by atoms with E-state index < -0.39 is 66.3 Å². The van der Waals surface area contributed by atoms with Gasteiger partial charge in [-0.25, -0.2) is 9.69 Å². The van der Waals surface area contributed by atoms with Gasteiger partial charge in [-0.15, -0.1) is 0 Å². The number of nitrogens with zero attached hydrogens (tertiary/aromatic N) is 3. The van der Waals surface area contributed by atoms with Gasteiger partial charge in [-0.05, 0) is 76.6 Å². The Kier molecular flexibility index (Phi) is 11.0. The molecule has 0 spiro atoms. The van der Waals surface area contributed by atoms with E-state index in [0.29, 0.717) is 31.6 Å². The van der Waals surface area contributed by atoms with Gasteiger partial charge < -0.3 is 24.4 Å². The molecule has 14 heteroatoms. The van der Waals surface area contributed by atoms with Crippen molar-refractivity contribution >= 4 is 12.0 Å². The fourth-order valence-corrected chi connectivity index (χ4v) is 5.82. The molecule has 0 saturated carbocycles. The minimum Gasteiger partial charge on any atom is -0.444 e. The van der Waals surface area contributed by atoms with E-state index in [9.17, 15) is 41.0 Å². The van der Waals surface area contributed by atoms with Gasteiger partial charge >= 0.3 is 18.4 Å². The average Bonchev–Trinajstić information content (AvgIpc) is 3.44. The Morgan fingerprint density at radius 3 is 1.98 bits per heavy atom. The highest BCUT2D eigenvalue weighted by atomic mass is 19.4. The quantitative estimate of drug-likeness (QED) is 0.282. The molecule has 1 unspecified atom stereocenters. The number of hydrogen-bond acceptors (Lipinski definition) is 6. The first-order valence-corrected chi connectivity index (χ1v) is 14.4. The van der Waals surface area contributed by atoms with E-state index in [1.807, 2.05) is 6.92 Å². The van der Waals surface area contributed by atoms with Crippen molar-refractivity contribution in [3.05, 3.63) is 34.9 Å². The Morgan fingerprint density at radius 2 is 1.51 bits per heavy atom. The molecular formula is C29H41F6N3O5. The second-order valence-electron chi connectivity index (χ2n) is 12.2. The highest BCUT2D eigenvalue weighted by Gasteiger charge is 2.44. The number of piperidine rings is 1. The molecule has 2 heterocycles. The number of rotatable bonds is 8. The molecule has 0 radical (unpaired) electrons. The van der Waals surface area contributed by atoms with Crippen LogP contribution in [0.5, 0.6) is 0 Å². The van der Waals surface area contributed by atoms with Gasteiger partial charge in [-0.1, -0.05) is 6.92 Å². The zero-order chi connectivity index (χ0) is 32.3. The van der Waals surface area contributed by atoms with Crippen LogP contribution in [-0.4, -0.2) is 82.1 Å². The molecule has 0 aliphatic carbocycles. The summed E-state index contributed by atoms with van der Waals surface area (Å²) in [5.41, 5.74) is -4.09. The van der Waals surface area contributed by atoms with E-state index in [2.05, 4.69) is 0 Å². The van der Waals surface area contributed by atoms with Crippen LogP contribution < -0.4 is 0 Å². The molecule has 2 aliphatic rings. The maximum Gasteiger partial charge on any atom is 0.416 e. The number of carbonyl (C=O) groups excluding carboxylic acids is 2. The standard InChI is InChI=1S/C29H41F6N3O5/c1-6-21-14-22(15-23(16-24(39)36-9-7-8-10-36)38(21)26(41)43-27(2,3)4)37(25(40)42-5)17-18-11-19(28(30,31)32)13-20(12-18)29(33,34)35/h11-13,21-23,25,40H,6-10,14-17H2,1-5H3/t21-,22+,23-,25?/m1/s1. The Balaban J connectivity index is 2.00. The van der Waals surface area contributed by atoms with Crippen LogP contribution in [0.3, 0.4) is 0 Å². The summed E-state index contributed by atoms with van der Waals surface area (Å²) in [4.78, 5) is 31.1. The minimum atomic E-state index is -5.03. The summed E-state index contributed by atoms with van der Waals surface area (Å²) >= 11 is 0. The average molecular weight is 626 g/mol. The van der Waals surface area contributed by atoms with Crippen molar-refractivity contribution in [1.82, 2.24) is 14.7 Å². The number of amides is 2. The van der Waals surface area contributed by atoms with Crippen LogP contribution in [0.25, 0.3) is 0 Å². The summed E-state index contributed by atoms with van der Waals surface area (Å²) in [5, 5.41) is 10.8. The van der Waals surface area contributed by atoms with Crippen molar-refractivity contribution in [2.24, 2.45) is 0 Å². The number of ether oxygens (including phenoxy) is 2. The predicted octanol–water partition coefficient (Wildman–Crippen LogP) is 6.01. The molecule has 2 aliphatic heterocycles. The van der Waals surface area contributed by atoms with Gasteiger partial charge in [0, 0.05) is 51.3 Å². The van der Waals surface area contributed by atoms with Gasteiger partial charge in [-0.3, -0.25) is 4.79 Å². The molecular weight excluding hydrogens is 584 g/mol. The Labute approximate surface area is 247 Å². The molecule has 0 aromatic heterocycles.